The van der Waals surface area contributed by atoms with Gasteiger partial charge in [-0.2, -0.15) is 0 Å². The van der Waals surface area contributed by atoms with E-state index in [1.807, 2.05) is 4.90 Å². The minimum atomic E-state index is 0.218. The molecule has 0 aromatic carbocycles. The smallest absolute Gasteiger partial charge is 0.222 e. The van der Waals surface area contributed by atoms with Gasteiger partial charge >= 0.3 is 0 Å². The number of β-amino-alcohol motifs (C(OH)–C–C–N with tert-alkyl or cyclic N) is 1. The summed E-state index contributed by atoms with van der Waals surface area (Å²) in [6.07, 6.45) is 3.26. The Bertz CT molecular complexity index is 221. The molecule has 0 aromatic rings. The van der Waals surface area contributed by atoms with Crippen molar-refractivity contribution < 1.29 is 9.90 Å². The highest BCUT2D eigenvalue weighted by molar-refractivity contribution is 5.76. The van der Waals surface area contributed by atoms with Gasteiger partial charge in [0.1, 0.15) is 0 Å². The van der Waals surface area contributed by atoms with Gasteiger partial charge in [0.25, 0.3) is 0 Å². The van der Waals surface area contributed by atoms with Crippen LogP contribution in [0, 0.1) is 5.92 Å². The molecule has 0 bridgehead atoms. The molecule has 2 rings (SSSR count). The van der Waals surface area contributed by atoms with E-state index in [-0.39, 0.29) is 6.61 Å². The number of carbonyl (C=O) groups is 1. The molecule has 2 fully saturated rings. The summed E-state index contributed by atoms with van der Waals surface area (Å²) >= 11 is 0. The predicted molar refractivity (Wildman–Crippen MR) is 57.4 cm³/mol. The molecule has 1 N–H and O–H groups in total. The second-order valence-corrected chi connectivity index (χ2v) is 4.59. The van der Waals surface area contributed by atoms with Crippen molar-refractivity contribution in [2.45, 2.75) is 19.3 Å². The van der Waals surface area contributed by atoms with Crippen LogP contribution < -0.4 is 0 Å². The molecule has 1 saturated carbocycles. The van der Waals surface area contributed by atoms with Crippen LogP contribution >= 0.6 is 0 Å². The van der Waals surface area contributed by atoms with Crippen molar-refractivity contribution in [3.8, 4) is 0 Å². The van der Waals surface area contributed by atoms with Crippen LogP contribution in [0.3, 0.4) is 0 Å². The van der Waals surface area contributed by atoms with Crippen molar-refractivity contribution in [3.63, 3.8) is 0 Å². The van der Waals surface area contributed by atoms with Crippen LogP contribution in [0.15, 0.2) is 0 Å². The Morgan fingerprint density at radius 1 is 1.20 bits per heavy atom. The third-order valence-electron chi connectivity index (χ3n) is 3.30. The molecule has 1 aliphatic carbocycles. The molecule has 0 spiro atoms. The summed E-state index contributed by atoms with van der Waals surface area (Å²) in [5.41, 5.74) is 0. The molecule has 86 valence electrons. The highest BCUT2D eigenvalue weighted by Gasteiger charge is 2.28. The number of rotatable bonds is 4. The first kappa shape index (κ1) is 10.9. The summed E-state index contributed by atoms with van der Waals surface area (Å²) < 4.78 is 0. The van der Waals surface area contributed by atoms with Gasteiger partial charge in [0, 0.05) is 39.1 Å². The van der Waals surface area contributed by atoms with Crippen LogP contribution in [0.2, 0.25) is 0 Å². The highest BCUT2D eigenvalue weighted by atomic mass is 16.3. The lowest BCUT2D eigenvalue weighted by Gasteiger charge is -2.34. The molecule has 2 aliphatic rings. The number of nitrogens with zero attached hydrogens (tertiary/aromatic N) is 2. The van der Waals surface area contributed by atoms with Gasteiger partial charge < -0.3 is 10.0 Å². The van der Waals surface area contributed by atoms with Gasteiger partial charge in [0.2, 0.25) is 5.91 Å². The first-order chi connectivity index (χ1) is 7.29. The largest absolute Gasteiger partial charge is 0.395 e. The maximum atomic E-state index is 11.8. The monoisotopic (exact) mass is 212 g/mol. The zero-order valence-corrected chi connectivity index (χ0v) is 9.19. The lowest BCUT2D eigenvalue weighted by molar-refractivity contribution is -0.133. The summed E-state index contributed by atoms with van der Waals surface area (Å²) in [6, 6.07) is 0. The molecule has 1 saturated heterocycles. The maximum Gasteiger partial charge on any atom is 0.222 e. The van der Waals surface area contributed by atoms with E-state index < -0.39 is 0 Å². The molecule has 1 aliphatic heterocycles. The summed E-state index contributed by atoms with van der Waals surface area (Å²) in [5, 5.41) is 8.80. The number of aliphatic hydroxyl groups is 1. The molecule has 0 aromatic heterocycles. The maximum absolute atomic E-state index is 11.8. The van der Waals surface area contributed by atoms with Crippen LogP contribution in [0.1, 0.15) is 19.3 Å². The van der Waals surface area contributed by atoms with E-state index in [1.165, 1.54) is 12.8 Å². The topological polar surface area (TPSA) is 43.8 Å². The summed E-state index contributed by atoms with van der Waals surface area (Å²) in [6.45, 7) is 4.46. The van der Waals surface area contributed by atoms with Gasteiger partial charge in [0.15, 0.2) is 0 Å². The summed E-state index contributed by atoms with van der Waals surface area (Å²) in [4.78, 5) is 16.0. The Balaban J connectivity index is 1.69. The molecule has 0 unspecified atom stereocenters. The zero-order chi connectivity index (χ0) is 10.7. The van der Waals surface area contributed by atoms with Crippen molar-refractivity contribution in [1.82, 2.24) is 9.80 Å². The third kappa shape index (κ3) is 3.18. The zero-order valence-electron chi connectivity index (χ0n) is 9.19. The van der Waals surface area contributed by atoms with Crippen molar-refractivity contribution in [2.24, 2.45) is 5.92 Å². The van der Waals surface area contributed by atoms with E-state index in [0.29, 0.717) is 11.8 Å². The SMILES string of the molecule is O=C(CC1CC1)N1CCN(CCO)CC1. The second kappa shape index (κ2) is 4.94. The fraction of sp³-hybridized carbons (Fsp3) is 0.909. The van der Waals surface area contributed by atoms with Crippen LogP contribution in [0.5, 0.6) is 0 Å². The molecule has 0 radical (unpaired) electrons. The average molecular weight is 212 g/mol. The van der Waals surface area contributed by atoms with Gasteiger partial charge in [-0.25, -0.2) is 0 Å². The van der Waals surface area contributed by atoms with Crippen LogP contribution in [-0.2, 0) is 4.79 Å². The van der Waals surface area contributed by atoms with E-state index in [2.05, 4.69) is 4.90 Å². The summed E-state index contributed by atoms with van der Waals surface area (Å²) in [7, 11) is 0. The molecule has 0 atom stereocenters. The van der Waals surface area contributed by atoms with Crippen LogP contribution in [0.4, 0.5) is 0 Å². The minimum absolute atomic E-state index is 0.218. The molecule has 1 amide bonds. The Morgan fingerprint density at radius 3 is 2.40 bits per heavy atom. The van der Waals surface area contributed by atoms with Crippen molar-refractivity contribution >= 4 is 5.91 Å². The quantitative estimate of drug-likeness (QED) is 0.709. The molecule has 1 heterocycles. The average Bonchev–Trinajstić information content (AvgIpc) is 3.03. The molecule has 4 nitrogen and oxygen atoms in total. The van der Waals surface area contributed by atoms with Gasteiger partial charge in [-0.05, 0) is 18.8 Å². The third-order valence-corrected chi connectivity index (χ3v) is 3.30. The van der Waals surface area contributed by atoms with E-state index in [4.69, 9.17) is 5.11 Å². The van der Waals surface area contributed by atoms with Crippen molar-refractivity contribution in [1.29, 1.82) is 0 Å². The molecular formula is C11H20N2O2. The number of aliphatic hydroxyl groups excluding tert-OH is 1. The first-order valence-corrected chi connectivity index (χ1v) is 5.90. The number of amides is 1. The fourth-order valence-electron chi connectivity index (χ4n) is 2.06. The summed E-state index contributed by atoms with van der Waals surface area (Å²) in [5.74, 6) is 1.02. The van der Waals surface area contributed by atoms with Gasteiger partial charge in [0.05, 0.1) is 6.61 Å². The second-order valence-electron chi connectivity index (χ2n) is 4.59. The Hall–Kier alpha value is -0.610. The highest BCUT2D eigenvalue weighted by Crippen LogP contribution is 2.32. The number of hydrogen-bond donors (Lipinski definition) is 1. The van der Waals surface area contributed by atoms with E-state index in [0.717, 1.165) is 39.1 Å². The minimum Gasteiger partial charge on any atom is -0.395 e. The lowest BCUT2D eigenvalue weighted by atomic mass is 10.2. The lowest BCUT2D eigenvalue weighted by Crippen LogP contribution is -2.49. The van der Waals surface area contributed by atoms with Crippen LogP contribution in [-0.4, -0.2) is 60.1 Å². The van der Waals surface area contributed by atoms with E-state index in [9.17, 15) is 4.79 Å². The van der Waals surface area contributed by atoms with Crippen molar-refractivity contribution in [2.75, 3.05) is 39.3 Å². The van der Waals surface area contributed by atoms with E-state index >= 15 is 0 Å². The Labute approximate surface area is 90.9 Å². The predicted octanol–water partition coefficient (Wildman–Crippen LogP) is -0.0770. The molecule has 15 heavy (non-hydrogen) atoms. The normalized spacial score (nSPS) is 23.1. The van der Waals surface area contributed by atoms with Crippen molar-refractivity contribution in [3.05, 3.63) is 0 Å². The number of hydrogen-bond acceptors (Lipinski definition) is 3. The van der Waals surface area contributed by atoms with Crippen LogP contribution in [0.25, 0.3) is 0 Å². The molecular weight excluding hydrogens is 192 g/mol. The number of carbonyl (C=O) groups excluding carboxylic acids is 1. The number of piperazine rings is 1. The van der Waals surface area contributed by atoms with E-state index in [1.54, 1.807) is 0 Å². The standard InChI is InChI=1S/C11H20N2O2/c14-8-7-12-3-5-13(6-4-12)11(15)9-10-1-2-10/h10,14H,1-9H2. The molecule has 4 heteroatoms. The van der Waals surface area contributed by atoms with Gasteiger partial charge in [-0.1, -0.05) is 0 Å². The van der Waals surface area contributed by atoms with Gasteiger partial charge in [-0.3, -0.25) is 9.69 Å². The fourth-order valence-corrected chi connectivity index (χ4v) is 2.06. The van der Waals surface area contributed by atoms with Gasteiger partial charge in [-0.15, -0.1) is 0 Å². The Morgan fingerprint density at radius 2 is 1.87 bits per heavy atom. The first-order valence-electron chi connectivity index (χ1n) is 5.90. The Kier molecular flexibility index (Phi) is 3.59.